The third-order valence-electron chi connectivity index (χ3n) is 17.7. The number of carbonyl (C=O) groups is 2. The molecule has 0 aromatic rings. The molecule has 2 amide bonds. The molecule has 4 unspecified atom stereocenters. The van der Waals surface area contributed by atoms with Crippen molar-refractivity contribution in [3.63, 3.8) is 0 Å². The van der Waals surface area contributed by atoms with Crippen LogP contribution in [0.1, 0.15) is 221 Å². The second-order valence-corrected chi connectivity index (χ2v) is 23.1. The van der Waals surface area contributed by atoms with E-state index >= 15 is 0 Å². The summed E-state index contributed by atoms with van der Waals surface area (Å²) in [5, 5.41) is 5.67. The Labute approximate surface area is 406 Å². The first-order valence-electron chi connectivity index (χ1n) is 28.5. The predicted molar refractivity (Wildman–Crippen MR) is 275 cm³/mol. The van der Waals surface area contributed by atoms with Gasteiger partial charge in [-0.1, -0.05) is 149 Å². The van der Waals surface area contributed by atoms with Crippen molar-refractivity contribution in [3.05, 3.63) is 23.8 Å². The summed E-state index contributed by atoms with van der Waals surface area (Å²) in [6.07, 6.45) is 42.5. The number of nitrogens with zero attached hydrogens (tertiary/aromatic N) is 1. The van der Waals surface area contributed by atoms with E-state index < -0.39 is 6.09 Å². The smallest absolute Gasteiger partial charge is 0.407 e. The summed E-state index contributed by atoms with van der Waals surface area (Å²) in [6.45, 7) is 20.0. The highest BCUT2D eigenvalue weighted by atomic mass is 16.6. The van der Waals surface area contributed by atoms with Crippen LogP contribution >= 0.6 is 0 Å². The van der Waals surface area contributed by atoms with Crippen molar-refractivity contribution in [2.75, 3.05) is 52.5 Å². The van der Waals surface area contributed by atoms with Gasteiger partial charge in [-0.15, -0.1) is 0 Å². The van der Waals surface area contributed by atoms with Crippen LogP contribution in [0.25, 0.3) is 0 Å². The fourth-order valence-electron chi connectivity index (χ4n) is 13.8. The van der Waals surface area contributed by atoms with Crippen LogP contribution in [0, 0.1) is 46.3 Å². The molecule has 3 saturated carbocycles. The summed E-state index contributed by atoms with van der Waals surface area (Å²) in [5.74, 6) is 4.67. The minimum Gasteiger partial charge on any atom is -0.446 e. The number of fused-ring (bicyclic) bond motifs is 5. The molecule has 4 aliphatic carbocycles. The second kappa shape index (κ2) is 30.0. The van der Waals surface area contributed by atoms with Crippen molar-refractivity contribution in [1.82, 2.24) is 15.5 Å². The van der Waals surface area contributed by atoms with Gasteiger partial charge in [-0.05, 0) is 149 Å². The van der Waals surface area contributed by atoms with E-state index in [9.17, 15) is 9.59 Å². The van der Waals surface area contributed by atoms with Crippen LogP contribution in [-0.4, -0.2) is 81.7 Å². The Morgan fingerprint density at radius 1 is 0.788 bits per heavy atom. The third-order valence-corrected chi connectivity index (χ3v) is 17.7. The highest BCUT2D eigenvalue weighted by Gasteiger charge is 2.59. The van der Waals surface area contributed by atoms with E-state index in [0.717, 1.165) is 87.4 Å². The molecule has 9 atom stereocenters. The van der Waals surface area contributed by atoms with Crippen LogP contribution < -0.4 is 10.6 Å². The average molecular weight is 922 g/mol. The number of alkyl carbamates (subject to hydrolysis) is 1. The minimum absolute atomic E-state index is 0.0174. The summed E-state index contributed by atoms with van der Waals surface area (Å²) in [7, 11) is 0. The molecule has 66 heavy (non-hydrogen) atoms. The lowest BCUT2D eigenvalue weighted by Crippen LogP contribution is -2.51. The Morgan fingerprint density at radius 3 is 2.23 bits per heavy atom. The molecule has 0 aromatic carbocycles. The molecule has 1 heterocycles. The lowest BCUT2D eigenvalue weighted by molar-refractivity contribution is -0.120. The lowest BCUT2D eigenvalue weighted by Gasteiger charge is -2.58. The summed E-state index contributed by atoms with van der Waals surface area (Å²) in [6, 6.07) is 0. The van der Waals surface area contributed by atoms with Crippen LogP contribution in [0.2, 0.25) is 0 Å². The first kappa shape index (κ1) is 55.0. The van der Waals surface area contributed by atoms with Crippen molar-refractivity contribution < 1.29 is 23.8 Å². The number of rotatable bonds is 32. The van der Waals surface area contributed by atoms with E-state index in [-0.39, 0.29) is 30.1 Å². The van der Waals surface area contributed by atoms with Gasteiger partial charge in [-0.3, -0.25) is 4.79 Å². The van der Waals surface area contributed by atoms with E-state index in [4.69, 9.17) is 14.2 Å². The van der Waals surface area contributed by atoms with Crippen LogP contribution in [0.5, 0.6) is 0 Å². The molecule has 0 bridgehead atoms. The van der Waals surface area contributed by atoms with Gasteiger partial charge in [0.05, 0.1) is 25.9 Å². The van der Waals surface area contributed by atoms with Gasteiger partial charge in [-0.25, -0.2) is 4.79 Å². The first-order chi connectivity index (χ1) is 32.0. The molecule has 8 heteroatoms. The Kier molecular flexibility index (Phi) is 25.0. The fourth-order valence-corrected chi connectivity index (χ4v) is 13.8. The quantitative estimate of drug-likeness (QED) is 0.0516. The minimum atomic E-state index is -0.488. The summed E-state index contributed by atoms with van der Waals surface area (Å²) >= 11 is 0. The number of unbranched alkanes of at least 4 members (excludes halogenated alkanes) is 12. The van der Waals surface area contributed by atoms with Gasteiger partial charge in [0.1, 0.15) is 6.10 Å². The maximum absolute atomic E-state index is 13.0. The number of ether oxygens (including phenoxy) is 3. The first-order valence-corrected chi connectivity index (χ1v) is 28.5. The normalized spacial score (nSPS) is 28.7. The Hall–Kier alpha value is -1.90. The van der Waals surface area contributed by atoms with Gasteiger partial charge in [0.25, 0.3) is 0 Å². The number of allylic oxidation sites excluding steroid dienone is 3. The van der Waals surface area contributed by atoms with E-state index in [1.165, 1.54) is 160 Å². The average Bonchev–Trinajstić information content (AvgIpc) is 3.67. The zero-order chi connectivity index (χ0) is 47.0. The number of nitrogens with one attached hydrogen (secondary N) is 2. The zero-order valence-electron chi connectivity index (χ0n) is 43.8. The molecule has 4 fully saturated rings. The third kappa shape index (κ3) is 17.8. The van der Waals surface area contributed by atoms with Gasteiger partial charge in [0.2, 0.25) is 5.91 Å². The molecule has 5 rings (SSSR count). The van der Waals surface area contributed by atoms with Gasteiger partial charge < -0.3 is 29.7 Å². The van der Waals surface area contributed by atoms with Crippen molar-refractivity contribution in [3.8, 4) is 0 Å². The zero-order valence-corrected chi connectivity index (χ0v) is 43.8. The largest absolute Gasteiger partial charge is 0.446 e. The molecular weight excluding hydrogens is 819 g/mol. The number of piperidine rings is 1. The molecule has 380 valence electrons. The highest BCUT2D eigenvalue weighted by molar-refractivity contribution is 5.82. The number of hydrogen-bond acceptors (Lipinski definition) is 6. The molecule has 2 N–H and O–H groups in total. The number of likely N-dealkylation sites (tertiary alicyclic amines) is 1. The number of hydrogen-bond donors (Lipinski definition) is 2. The Bertz CT molecular complexity index is 1430. The van der Waals surface area contributed by atoms with E-state index in [0.29, 0.717) is 25.2 Å². The Morgan fingerprint density at radius 2 is 1.50 bits per heavy atom. The molecular formula is C58H103N3O5. The monoisotopic (exact) mass is 922 g/mol. The van der Waals surface area contributed by atoms with E-state index in [1.54, 1.807) is 0 Å². The molecule has 1 aliphatic heterocycles. The van der Waals surface area contributed by atoms with E-state index in [2.05, 4.69) is 75.3 Å². The predicted octanol–water partition coefficient (Wildman–Crippen LogP) is 14.2. The van der Waals surface area contributed by atoms with Gasteiger partial charge >= 0.3 is 6.09 Å². The molecule has 0 spiro atoms. The van der Waals surface area contributed by atoms with Crippen molar-refractivity contribution >= 4 is 12.0 Å². The molecule has 1 saturated heterocycles. The highest BCUT2D eigenvalue weighted by Crippen LogP contribution is 2.67. The molecule has 0 radical (unpaired) electrons. The van der Waals surface area contributed by atoms with Crippen LogP contribution in [-0.2, 0) is 19.0 Å². The SMILES string of the molecule is CCCCCCCC/C=C\CCCCCCCCOCC(CN1CCCCC1)OCCNC(=O)CNC(=O)O[C@H]1CC[C@@]2(C)C(=CC[C@H]3C4CCC(C(C)CCCC(C)C)[C@@]4(C)CC[C@@H]32)C1. The van der Waals surface area contributed by atoms with Crippen molar-refractivity contribution in [1.29, 1.82) is 0 Å². The van der Waals surface area contributed by atoms with Gasteiger partial charge in [-0.2, -0.15) is 0 Å². The summed E-state index contributed by atoms with van der Waals surface area (Å²) in [4.78, 5) is 28.2. The molecule has 5 aliphatic rings. The van der Waals surface area contributed by atoms with Gasteiger partial charge in [0.15, 0.2) is 0 Å². The standard InChI is InChI=1S/C58H103N3O5/c1-7-8-9-10-11-12-13-14-15-16-17-18-19-20-21-25-40-64-45-50(44-61-38-23-22-24-39-61)65-41-37-59-55(62)43-60-56(63)66-49-33-35-57(5)48(42-49)29-30-51-53-32-31-52(47(4)28-26-27-46(2)3)58(53,6)36-34-54(51)57/h14-15,29,46-47,49-54H,7-13,16-28,30-45H2,1-6H3,(H,59,62)(H,60,63)/b15-14-/t47?,49-,50?,51-,52?,53?,54-,57-,58+/m0/s1. The molecule has 0 aromatic heterocycles. The molecule has 8 nitrogen and oxygen atoms in total. The van der Waals surface area contributed by atoms with Crippen molar-refractivity contribution in [2.45, 2.75) is 234 Å². The summed E-state index contributed by atoms with van der Waals surface area (Å²) < 4.78 is 18.4. The summed E-state index contributed by atoms with van der Waals surface area (Å²) in [5.41, 5.74) is 2.23. The van der Waals surface area contributed by atoms with Crippen molar-refractivity contribution in [2.24, 2.45) is 46.3 Å². The Balaban J connectivity index is 0.919. The lowest BCUT2D eigenvalue weighted by atomic mass is 9.47. The van der Waals surface area contributed by atoms with Crippen LogP contribution in [0.3, 0.4) is 0 Å². The van der Waals surface area contributed by atoms with Gasteiger partial charge in [0, 0.05) is 26.1 Å². The number of carbonyl (C=O) groups excluding carboxylic acids is 2. The maximum Gasteiger partial charge on any atom is 0.407 e. The second-order valence-electron chi connectivity index (χ2n) is 23.1. The topological polar surface area (TPSA) is 89.1 Å². The van der Waals surface area contributed by atoms with Crippen LogP contribution in [0.4, 0.5) is 4.79 Å². The van der Waals surface area contributed by atoms with Crippen LogP contribution in [0.15, 0.2) is 23.8 Å². The maximum atomic E-state index is 13.0. The number of amides is 2. The van der Waals surface area contributed by atoms with E-state index in [1.807, 2.05) is 0 Å². The fraction of sp³-hybridized carbons (Fsp3) is 0.897.